The number of carbonyl (C=O) groups excluding carboxylic acids is 3. The Balaban J connectivity index is 1.94. The zero-order valence-corrected chi connectivity index (χ0v) is 18.4. The molecule has 156 valence electrons. The fourth-order valence-electron chi connectivity index (χ4n) is 4.50. The van der Waals surface area contributed by atoms with E-state index in [0.29, 0.717) is 0 Å². The van der Waals surface area contributed by atoms with Gasteiger partial charge in [0.1, 0.15) is 18.8 Å². The largest absolute Gasteiger partial charge is 0.463 e. The van der Waals surface area contributed by atoms with Crippen molar-refractivity contribution in [2.45, 2.75) is 64.8 Å². The second kappa shape index (κ2) is 8.66. The van der Waals surface area contributed by atoms with Crippen LogP contribution in [0.1, 0.15) is 34.1 Å². The maximum Gasteiger partial charge on any atom is 0.303 e. The summed E-state index contributed by atoms with van der Waals surface area (Å²) in [6, 6.07) is 0. The van der Waals surface area contributed by atoms with Crippen molar-refractivity contribution < 1.29 is 38.1 Å². The Morgan fingerprint density at radius 2 is 1.68 bits per heavy atom. The Morgan fingerprint density at radius 1 is 1.04 bits per heavy atom. The van der Waals surface area contributed by atoms with Crippen molar-refractivity contribution in [1.82, 2.24) is 0 Å². The highest BCUT2D eigenvalue weighted by atomic mass is 127. The molecule has 8 atom stereocenters. The SMILES string of the molecule is CC(=O)OC[C@H]1O[C@@H]2O[C@H]3CC(I)=C[C@@H](C)[C@@H]3[C@@H]2[C@@H](OC(C)=O)[C@@H]1OC(C)=O. The summed E-state index contributed by atoms with van der Waals surface area (Å²) in [5.41, 5.74) is 0. The van der Waals surface area contributed by atoms with E-state index in [1.54, 1.807) is 0 Å². The summed E-state index contributed by atoms with van der Waals surface area (Å²) in [7, 11) is 0. The molecule has 2 aliphatic heterocycles. The highest BCUT2D eigenvalue weighted by molar-refractivity contribution is 14.1. The monoisotopic (exact) mass is 508 g/mol. The first-order chi connectivity index (χ1) is 13.2. The molecule has 2 fully saturated rings. The molecule has 3 rings (SSSR count). The van der Waals surface area contributed by atoms with Gasteiger partial charge in [0.25, 0.3) is 0 Å². The van der Waals surface area contributed by atoms with Crippen LogP contribution in [-0.4, -0.2) is 55.2 Å². The Hall–Kier alpha value is -1.20. The summed E-state index contributed by atoms with van der Waals surface area (Å²) in [5, 5.41) is 0. The van der Waals surface area contributed by atoms with E-state index in [9.17, 15) is 14.4 Å². The molecule has 0 radical (unpaired) electrons. The minimum atomic E-state index is -0.887. The van der Waals surface area contributed by atoms with Crippen LogP contribution in [0.4, 0.5) is 0 Å². The van der Waals surface area contributed by atoms with Gasteiger partial charge in [0, 0.05) is 33.1 Å². The number of rotatable bonds is 4. The molecule has 9 heteroatoms. The molecule has 0 spiro atoms. The van der Waals surface area contributed by atoms with Crippen LogP contribution in [0.3, 0.4) is 0 Å². The van der Waals surface area contributed by atoms with Crippen LogP contribution in [0.2, 0.25) is 0 Å². The van der Waals surface area contributed by atoms with Crippen LogP contribution >= 0.6 is 22.6 Å². The van der Waals surface area contributed by atoms with Crippen LogP contribution in [0.15, 0.2) is 9.66 Å². The number of hydrogen-bond acceptors (Lipinski definition) is 8. The van der Waals surface area contributed by atoms with Crippen molar-refractivity contribution in [2.24, 2.45) is 17.8 Å². The minimum absolute atomic E-state index is 0.0561. The number of esters is 3. The molecule has 0 saturated carbocycles. The van der Waals surface area contributed by atoms with Crippen molar-refractivity contribution >= 4 is 40.5 Å². The van der Waals surface area contributed by atoms with Gasteiger partial charge in [-0.25, -0.2) is 0 Å². The van der Waals surface area contributed by atoms with E-state index in [1.165, 1.54) is 24.4 Å². The van der Waals surface area contributed by atoms with E-state index >= 15 is 0 Å². The van der Waals surface area contributed by atoms with Crippen LogP contribution in [0.25, 0.3) is 0 Å². The molecule has 2 saturated heterocycles. The average Bonchev–Trinajstić information content (AvgIpc) is 2.92. The molecule has 28 heavy (non-hydrogen) atoms. The molecule has 0 unspecified atom stereocenters. The van der Waals surface area contributed by atoms with Crippen LogP contribution in [-0.2, 0) is 38.1 Å². The third-order valence-corrected chi connectivity index (χ3v) is 6.18. The summed E-state index contributed by atoms with van der Waals surface area (Å²) in [6.07, 6.45) is -0.199. The summed E-state index contributed by atoms with van der Waals surface area (Å²) in [6.45, 7) is 5.85. The molecule has 2 heterocycles. The molecule has 0 aromatic rings. The molecular weight excluding hydrogens is 483 g/mol. The molecule has 1 aliphatic carbocycles. The lowest BCUT2D eigenvalue weighted by Crippen LogP contribution is -2.59. The zero-order valence-electron chi connectivity index (χ0n) is 16.3. The summed E-state index contributed by atoms with van der Waals surface area (Å²) < 4.78 is 29.7. The first-order valence-corrected chi connectivity index (χ1v) is 10.4. The molecule has 0 amide bonds. The van der Waals surface area contributed by atoms with Gasteiger partial charge in [-0.3, -0.25) is 14.4 Å². The third-order valence-electron chi connectivity index (χ3n) is 5.38. The molecule has 0 N–H and O–H groups in total. The van der Waals surface area contributed by atoms with Crippen molar-refractivity contribution in [2.75, 3.05) is 6.61 Å². The fourth-order valence-corrected chi connectivity index (χ4v) is 5.50. The maximum absolute atomic E-state index is 11.9. The maximum atomic E-state index is 11.9. The summed E-state index contributed by atoms with van der Waals surface area (Å²) in [4.78, 5) is 34.9. The quantitative estimate of drug-likeness (QED) is 0.324. The first kappa shape index (κ1) is 21.5. The Kier molecular flexibility index (Phi) is 6.65. The lowest BCUT2D eigenvalue weighted by atomic mass is 9.72. The molecule has 0 aromatic carbocycles. The summed E-state index contributed by atoms with van der Waals surface area (Å²) in [5.74, 6) is -1.54. The van der Waals surface area contributed by atoms with Gasteiger partial charge in [-0.15, -0.1) is 0 Å². The van der Waals surface area contributed by atoms with E-state index in [0.717, 1.165) is 6.42 Å². The number of hydrogen-bond donors (Lipinski definition) is 0. The van der Waals surface area contributed by atoms with Crippen LogP contribution in [0.5, 0.6) is 0 Å². The van der Waals surface area contributed by atoms with Gasteiger partial charge < -0.3 is 23.7 Å². The van der Waals surface area contributed by atoms with Crippen molar-refractivity contribution in [1.29, 1.82) is 0 Å². The topological polar surface area (TPSA) is 97.4 Å². The number of halogens is 1. The lowest BCUT2D eigenvalue weighted by molar-refractivity contribution is -0.274. The number of ether oxygens (including phenoxy) is 5. The smallest absolute Gasteiger partial charge is 0.303 e. The normalized spacial score (nSPS) is 39.2. The number of carbonyl (C=O) groups is 3. The van der Waals surface area contributed by atoms with Gasteiger partial charge in [0.15, 0.2) is 12.4 Å². The highest BCUT2D eigenvalue weighted by Gasteiger charge is 2.60. The van der Waals surface area contributed by atoms with E-state index in [1.807, 2.05) is 0 Å². The van der Waals surface area contributed by atoms with Gasteiger partial charge in [-0.05, 0) is 32.1 Å². The van der Waals surface area contributed by atoms with Gasteiger partial charge in [0.2, 0.25) is 0 Å². The molecular formula is C19H25IO8. The van der Waals surface area contributed by atoms with Crippen molar-refractivity contribution in [3.63, 3.8) is 0 Å². The van der Waals surface area contributed by atoms with Gasteiger partial charge in [-0.1, -0.05) is 13.0 Å². The minimum Gasteiger partial charge on any atom is -0.463 e. The first-order valence-electron chi connectivity index (χ1n) is 9.32. The Labute approximate surface area is 177 Å². The van der Waals surface area contributed by atoms with E-state index in [-0.39, 0.29) is 30.5 Å². The van der Waals surface area contributed by atoms with Crippen molar-refractivity contribution in [3.05, 3.63) is 9.66 Å². The highest BCUT2D eigenvalue weighted by Crippen LogP contribution is 2.50. The van der Waals surface area contributed by atoms with Crippen LogP contribution in [0, 0.1) is 17.8 Å². The van der Waals surface area contributed by atoms with E-state index in [4.69, 9.17) is 23.7 Å². The third kappa shape index (κ3) is 4.51. The predicted molar refractivity (Wildman–Crippen MR) is 104 cm³/mol. The lowest BCUT2D eigenvalue weighted by Gasteiger charge is -2.44. The van der Waals surface area contributed by atoms with Crippen LogP contribution < -0.4 is 0 Å². The number of allylic oxidation sites excluding steroid dienone is 1. The second-order valence-electron chi connectivity index (χ2n) is 7.50. The Bertz CT molecular complexity index is 677. The zero-order chi connectivity index (χ0) is 20.6. The molecule has 3 aliphatic rings. The molecule has 8 nitrogen and oxygen atoms in total. The Morgan fingerprint density at radius 3 is 2.29 bits per heavy atom. The fraction of sp³-hybridized carbons (Fsp3) is 0.737. The second-order valence-corrected chi connectivity index (χ2v) is 8.89. The number of fused-ring (bicyclic) bond motifs is 3. The predicted octanol–water partition coefficient (Wildman–Crippen LogP) is 2.13. The molecule has 0 bridgehead atoms. The van der Waals surface area contributed by atoms with Crippen molar-refractivity contribution in [3.8, 4) is 0 Å². The van der Waals surface area contributed by atoms with E-state index in [2.05, 4.69) is 35.6 Å². The van der Waals surface area contributed by atoms with Gasteiger partial charge in [0.05, 0.1) is 12.0 Å². The standard InChI is InChI=1S/C19H25IO8/c1-8-5-12(20)6-13-15(8)16-18(26-11(4)23)17(25-10(3)22)14(7-24-9(2)21)28-19(16)27-13/h5,8,13-19H,6-7H2,1-4H3/t8-,13+,14-,15+,16-,17-,18-,19+/m1/s1. The van der Waals surface area contributed by atoms with Gasteiger partial charge >= 0.3 is 17.9 Å². The summed E-state index contributed by atoms with van der Waals surface area (Å²) >= 11 is 2.30. The van der Waals surface area contributed by atoms with E-state index < -0.39 is 42.5 Å². The average molecular weight is 508 g/mol. The molecule has 0 aromatic heterocycles. The van der Waals surface area contributed by atoms with Gasteiger partial charge in [-0.2, -0.15) is 0 Å².